The van der Waals surface area contributed by atoms with E-state index in [0.29, 0.717) is 0 Å². The molecular formula is C17H21N. The molecule has 0 aliphatic heterocycles. The van der Waals surface area contributed by atoms with Crippen LogP contribution in [0.2, 0.25) is 0 Å². The highest BCUT2D eigenvalue weighted by atomic mass is 14.4. The van der Waals surface area contributed by atoms with Crippen LogP contribution in [0.3, 0.4) is 0 Å². The van der Waals surface area contributed by atoms with E-state index in [0.717, 1.165) is 19.3 Å². The predicted octanol–water partition coefficient (Wildman–Crippen LogP) is 4.84. The van der Waals surface area contributed by atoms with Gasteiger partial charge in [0.1, 0.15) is 0 Å². The first-order valence-corrected chi connectivity index (χ1v) is 7.00. The average Bonchev–Trinajstić information content (AvgIpc) is 2.44. The van der Waals surface area contributed by atoms with Crippen molar-refractivity contribution in [3.63, 3.8) is 0 Å². The van der Waals surface area contributed by atoms with Gasteiger partial charge in [0.15, 0.2) is 0 Å². The highest BCUT2D eigenvalue weighted by Crippen LogP contribution is 2.39. The van der Waals surface area contributed by atoms with E-state index in [9.17, 15) is 5.26 Å². The molecule has 1 aromatic rings. The van der Waals surface area contributed by atoms with Crippen molar-refractivity contribution >= 4 is 6.08 Å². The first-order chi connectivity index (χ1) is 8.82. The van der Waals surface area contributed by atoms with Gasteiger partial charge in [0.25, 0.3) is 0 Å². The van der Waals surface area contributed by atoms with Crippen LogP contribution in [0.25, 0.3) is 6.08 Å². The molecule has 1 unspecified atom stereocenters. The van der Waals surface area contributed by atoms with Gasteiger partial charge in [-0.2, -0.15) is 5.26 Å². The van der Waals surface area contributed by atoms with Gasteiger partial charge in [-0.25, -0.2) is 0 Å². The Morgan fingerprint density at radius 3 is 2.83 bits per heavy atom. The molecule has 0 radical (unpaired) electrons. The van der Waals surface area contributed by atoms with Crippen LogP contribution in [-0.2, 0) is 5.41 Å². The molecule has 1 heteroatoms. The SMILES string of the molecule is CCCCCCC1(C#N)CC=Cc2ccccc21. The normalized spacial score (nSPS) is 21.3. The van der Waals surface area contributed by atoms with Crippen molar-refractivity contribution in [3.8, 4) is 6.07 Å². The molecule has 0 bridgehead atoms. The first-order valence-electron chi connectivity index (χ1n) is 7.00. The van der Waals surface area contributed by atoms with E-state index in [1.54, 1.807) is 0 Å². The summed E-state index contributed by atoms with van der Waals surface area (Å²) in [6.45, 7) is 2.22. The van der Waals surface area contributed by atoms with Gasteiger partial charge in [-0.3, -0.25) is 0 Å². The summed E-state index contributed by atoms with van der Waals surface area (Å²) in [5, 5.41) is 9.66. The maximum Gasteiger partial charge on any atom is 0.0862 e. The Labute approximate surface area is 110 Å². The van der Waals surface area contributed by atoms with Crippen LogP contribution in [0.5, 0.6) is 0 Å². The summed E-state index contributed by atoms with van der Waals surface area (Å²) in [5.74, 6) is 0. The van der Waals surface area contributed by atoms with E-state index in [4.69, 9.17) is 0 Å². The lowest BCUT2D eigenvalue weighted by Gasteiger charge is -2.30. The van der Waals surface area contributed by atoms with Crippen LogP contribution in [0, 0.1) is 11.3 Å². The average molecular weight is 239 g/mol. The molecule has 1 aliphatic rings. The number of unbranched alkanes of at least 4 members (excludes halogenated alkanes) is 3. The first kappa shape index (κ1) is 12.9. The minimum Gasteiger partial charge on any atom is -0.197 e. The number of allylic oxidation sites excluding steroid dienone is 1. The maximum absolute atomic E-state index is 9.66. The number of benzene rings is 1. The number of nitrogens with zero attached hydrogens (tertiary/aromatic N) is 1. The minimum atomic E-state index is -0.279. The fourth-order valence-electron chi connectivity index (χ4n) is 2.83. The fourth-order valence-corrected chi connectivity index (χ4v) is 2.83. The largest absolute Gasteiger partial charge is 0.197 e. The lowest BCUT2D eigenvalue weighted by Crippen LogP contribution is -2.26. The molecular weight excluding hydrogens is 218 g/mol. The van der Waals surface area contributed by atoms with Crippen LogP contribution in [0.1, 0.15) is 56.6 Å². The zero-order valence-electron chi connectivity index (χ0n) is 11.2. The topological polar surface area (TPSA) is 23.8 Å². The van der Waals surface area contributed by atoms with Gasteiger partial charge in [-0.15, -0.1) is 0 Å². The van der Waals surface area contributed by atoms with Crippen LogP contribution < -0.4 is 0 Å². The summed E-state index contributed by atoms with van der Waals surface area (Å²) in [6, 6.07) is 10.9. The van der Waals surface area contributed by atoms with E-state index < -0.39 is 0 Å². The number of nitriles is 1. The molecule has 0 heterocycles. The molecule has 0 saturated carbocycles. The molecule has 0 saturated heterocycles. The molecule has 1 atom stereocenters. The molecule has 0 N–H and O–H groups in total. The third-order valence-corrected chi connectivity index (χ3v) is 3.91. The van der Waals surface area contributed by atoms with Gasteiger partial charge >= 0.3 is 0 Å². The zero-order chi connectivity index (χ0) is 12.8. The molecule has 2 rings (SSSR count). The van der Waals surface area contributed by atoms with Gasteiger partial charge < -0.3 is 0 Å². The van der Waals surface area contributed by atoms with Gasteiger partial charge in [0, 0.05) is 0 Å². The van der Waals surface area contributed by atoms with Gasteiger partial charge in [-0.05, 0) is 24.0 Å². The quantitative estimate of drug-likeness (QED) is 0.675. The Bertz CT molecular complexity index is 467. The molecule has 1 nitrogen and oxygen atoms in total. The van der Waals surface area contributed by atoms with E-state index in [2.05, 4.69) is 43.3 Å². The van der Waals surface area contributed by atoms with Crippen molar-refractivity contribution in [2.24, 2.45) is 0 Å². The smallest absolute Gasteiger partial charge is 0.0862 e. The standard InChI is InChI=1S/C17H21N/c1-2-3-4-7-12-17(14-18)13-8-10-15-9-5-6-11-16(15)17/h5-6,8-11H,2-4,7,12-13H2,1H3. The lowest BCUT2D eigenvalue weighted by molar-refractivity contribution is 0.467. The second-order valence-electron chi connectivity index (χ2n) is 5.20. The van der Waals surface area contributed by atoms with E-state index in [1.807, 2.05) is 6.07 Å². The third kappa shape index (κ3) is 2.48. The summed E-state index contributed by atoms with van der Waals surface area (Å²) in [5.41, 5.74) is 2.17. The second-order valence-corrected chi connectivity index (χ2v) is 5.20. The van der Waals surface area contributed by atoms with E-state index in [1.165, 1.54) is 30.4 Å². The van der Waals surface area contributed by atoms with Gasteiger partial charge in [0.05, 0.1) is 11.5 Å². The van der Waals surface area contributed by atoms with Crippen molar-refractivity contribution in [2.45, 2.75) is 50.9 Å². The van der Waals surface area contributed by atoms with Crippen LogP contribution in [0.15, 0.2) is 30.3 Å². The molecule has 0 amide bonds. The van der Waals surface area contributed by atoms with Crippen LogP contribution >= 0.6 is 0 Å². The monoisotopic (exact) mass is 239 g/mol. The number of fused-ring (bicyclic) bond motifs is 1. The minimum absolute atomic E-state index is 0.279. The van der Waals surface area contributed by atoms with Crippen LogP contribution in [0.4, 0.5) is 0 Å². The molecule has 0 fully saturated rings. The Kier molecular flexibility index (Phi) is 4.20. The van der Waals surface area contributed by atoms with Crippen molar-refractivity contribution < 1.29 is 0 Å². The fraction of sp³-hybridized carbons (Fsp3) is 0.471. The number of hydrogen-bond acceptors (Lipinski definition) is 1. The Balaban J connectivity index is 2.18. The molecule has 94 valence electrons. The number of rotatable bonds is 5. The molecule has 18 heavy (non-hydrogen) atoms. The van der Waals surface area contributed by atoms with Gasteiger partial charge in [-0.1, -0.05) is 69.0 Å². The lowest BCUT2D eigenvalue weighted by atomic mass is 9.70. The highest BCUT2D eigenvalue weighted by Gasteiger charge is 2.33. The highest BCUT2D eigenvalue weighted by molar-refractivity contribution is 5.61. The summed E-state index contributed by atoms with van der Waals surface area (Å²) < 4.78 is 0. The predicted molar refractivity (Wildman–Crippen MR) is 76.1 cm³/mol. The Morgan fingerprint density at radius 2 is 2.06 bits per heavy atom. The summed E-state index contributed by atoms with van der Waals surface area (Å²) in [7, 11) is 0. The number of hydrogen-bond donors (Lipinski definition) is 0. The summed E-state index contributed by atoms with van der Waals surface area (Å²) in [4.78, 5) is 0. The third-order valence-electron chi connectivity index (χ3n) is 3.91. The van der Waals surface area contributed by atoms with Crippen molar-refractivity contribution in [2.75, 3.05) is 0 Å². The van der Waals surface area contributed by atoms with Gasteiger partial charge in [0.2, 0.25) is 0 Å². The van der Waals surface area contributed by atoms with Crippen LogP contribution in [-0.4, -0.2) is 0 Å². The Hall–Kier alpha value is -1.55. The maximum atomic E-state index is 9.66. The van der Waals surface area contributed by atoms with Crippen molar-refractivity contribution in [1.82, 2.24) is 0 Å². The molecule has 0 spiro atoms. The molecule has 1 aromatic carbocycles. The second kappa shape index (κ2) is 5.87. The van der Waals surface area contributed by atoms with E-state index >= 15 is 0 Å². The summed E-state index contributed by atoms with van der Waals surface area (Å²) in [6.07, 6.45) is 11.1. The van der Waals surface area contributed by atoms with E-state index in [-0.39, 0.29) is 5.41 Å². The Morgan fingerprint density at radius 1 is 1.22 bits per heavy atom. The van der Waals surface area contributed by atoms with Crippen molar-refractivity contribution in [1.29, 1.82) is 5.26 Å². The molecule has 1 aliphatic carbocycles. The zero-order valence-corrected chi connectivity index (χ0v) is 11.2. The summed E-state index contributed by atoms with van der Waals surface area (Å²) >= 11 is 0. The molecule has 0 aromatic heterocycles. The van der Waals surface area contributed by atoms with Crippen molar-refractivity contribution in [3.05, 3.63) is 41.5 Å².